The average Bonchev–Trinajstić information content (AvgIpc) is 2.64. The zero-order chi connectivity index (χ0) is 19.8. The molecule has 1 atom stereocenters. The van der Waals surface area contributed by atoms with Gasteiger partial charge in [0.05, 0.1) is 13.2 Å². The number of ether oxygens (including phenoxy) is 1. The normalized spacial score (nSPS) is 15.4. The van der Waals surface area contributed by atoms with Crippen molar-refractivity contribution in [3.63, 3.8) is 0 Å². The van der Waals surface area contributed by atoms with Gasteiger partial charge in [-0.25, -0.2) is 9.78 Å². The highest BCUT2D eigenvalue weighted by atomic mass is 16.5. The van der Waals surface area contributed by atoms with E-state index in [9.17, 15) is 19.5 Å². The average molecular weight is 380 g/mol. The lowest BCUT2D eigenvalue weighted by atomic mass is 10.1. The van der Waals surface area contributed by atoms with E-state index >= 15 is 0 Å². The van der Waals surface area contributed by atoms with Crippen molar-refractivity contribution >= 4 is 17.8 Å². The van der Waals surface area contributed by atoms with Gasteiger partial charge in [0.2, 0.25) is 11.9 Å². The van der Waals surface area contributed by atoms with Crippen LogP contribution in [-0.2, 0) is 20.7 Å². The maximum Gasteiger partial charge on any atom is 0.326 e. The number of nitrogens with one attached hydrogen (secondary N) is 2. The van der Waals surface area contributed by atoms with Crippen LogP contribution in [0.5, 0.6) is 0 Å². The molecular formula is C18H28N4O5. The molecule has 9 heteroatoms. The van der Waals surface area contributed by atoms with Crippen LogP contribution in [-0.4, -0.2) is 59.3 Å². The van der Waals surface area contributed by atoms with Crippen molar-refractivity contribution in [2.24, 2.45) is 0 Å². The zero-order valence-electron chi connectivity index (χ0n) is 15.9. The van der Waals surface area contributed by atoms with Crippen molar-refractivity contribution in [1.29, 1.82) is 0 Å². The molecule has 1 fully saturated rings. The number of hydrogen-bond donors (Lipinski definition) is 3. The molecule has 2 heterocycles. The van der Waals surface area contributed by atoms with Crippen LogP contribution in [0.1, 0.15) is 43.9 Å². The van der Waals surface area contributed by atoms with Crippen molar-refractivity contribution in [3.05, 3.63) is 21.6 Å². The summed E-state index contributed by atoms with van der Waals surface area (Å²) >= 11 is 0. The molecule has 1 amide bonds. The highest BCUT2D eigenvalue weighted by molar-refractivity contribution is 5.83. The Morgan fingerprint density at radius 1 is 1.37 bits per heavy atom. The number of aromatic nitrogens is 2. The molecule has 0 radical (unpaired) electrons. The molecule has 1 aliphatic rings. The second kappa shape index (κ2) is 10.1. The van der Waals surface area contributed by atoms with Gasteiger partial charge in [-0.05, 0) is 19.8 Å². The van der Waals surface area contributed by atoms with Crippen LogP contribution in [0, 0.1) is 6.92 Å². The topological polar surface area (TPSA) is 125 Å². The summed E-state index contributed by atoms with van der Waals surface area (Å²) in [6.07, 6.45) is 2.23. The predicted molar refractivity (Wildman–Crippen MR) is 100 cm³/mol. The van der Waals surface area contributed by atoms with E-state index in [0.29, 0.717) is 49.9 Å². The second-order valence-corrected chi connectivity index (χ2v) is 6.65. The Hall–Kier alpha value is -2.42. The number of rotatable bonds is 9. The van der Waals surface area contributed by atoms with Crippen LogP contribution in [0.25, 0.3) is 0 Å². The number of carboxylic acids is 1. The maximum atomic E-state index is 12.4. The zero-order valence-corrected chi connectivity index (χ0v) is 15.9. The molecule has 27 heavy (non-hydrogen) atoms. The minimum absolute atomic E-state index is 0.0401. The lowest BCUT2D eigenvalue weighted by Crippen LogP contribution is -2.41. The summed E-state index contributed by atoms with van der Waals surface area (Å²) in [6.45, 7) is 6.22. The summed E-state index contributed by atoms with van der Waals surface area (Å²) in [5.41, 5.74) is 0.758. The molecule has 1 aromatic rings. The van der Waals surface area contributed by atoms with Crippen LogP contribution < -0.4 is 15.8 Å². The van der Waals surface area contributed by atoms with Crippen molar-refractivity contribution in [3.8, 4) is 0 Å². The van der Waals surface area contributed by atoms with E-state index in [0.717, 1.165) is 12.8 Å². The molecule has 1 aliphatic heterocycles. The Morgan fingerprint density at radius 2 is 2.07 bits per heavy atom. The number of carboxylic acid groups (broad SMARTS) is 1. The summed E-state index contributed by atoms with van der Waals surface area (Å²) in [6, 6.07) is -0.890. The molecule has 3 N–H and O–H groups in total. The van der Waals surface area contributed by atoms with E-state index in [2.05, 4.69) is 15.3 Å². The third kappa shape index (κ3) is 6.06. The largest absolute Gasteiger partial charge is 0.480 e. The van der Waals surface area contributed by atoms with Crippen LogP contribution in [0.3, 0.4) is 0 Å². The summed E-state index contributed by atoms with van der Waals surface area (Å²) in [5.74, 6) is -0.906. The first-order chi connectivity index (χ1) is 12.9. The van der Waals surface area contributed by atoms with E-state index in [1.807, 2.05) is 11.8 Å². The van der Waals surface area contributed by atoms with Crippen LogP contribution in [0.15, 0.2) is 4.79 Å². The third-order valence-corrected chi connectivity index (χ3v) is 4.60. The van der Waals surface area contributed by atoms with Crippen molar-refractivity contribution in [1.82, 2.24) is 15.3 Å². The lowest BCUT2D eigenvalue weighted by molar-refractivity contribution is -0.142. The number of H-pyrrole nitrogens is 1. The molecule has 9 nitrogen and oxygen atoms in total. The van der Waals surface area contributed by atoms with Crippen LogP contribution in [0.4, 0.5) is 5.95 Å². The van der Waals surface area contributed by atoms with E-state index in [4.69, 9.17) is 4.74 Å². The standard InChI is InChI=1S/C18H28N4O5/c1-3-4-5-14(17(25)26)20-15(23)7-6-13-12(2)19-18(21-16(13)24)22-8-10-27-11-9-22/h14H,3-11H2,1-2H3,(H,20,23)(H,25,26)(H,19,21,24). The first kappa shape index (κ1) is 20.9. The first-order valence-corrected chi connectivity index (χ1v) is 9.37. The molecule has 0 saturated carbocycles. The number of aliphatic carboxylic acids is 1. The van der Waals surface area contributed by atoms with Gasteiger partial charge < -0.3 is 20.1 Å². The summed E-state index contributed by atoms with van der Waals surface area (Å²) in [5, 5.41) is 11.7. The van der Waals surface area contributed by atoms with Crippen LogP contribution >= 0.6 is 0 Å². The lowest BCUT2D eigenvalue weighted by Gasteiger charge is -2.27. The van der Waals surface area contributed by atoms with E-state index in [1.165, 1.54) is 0 Å². The van der Waals surface area contributed by atoms with E-state index < -0.39 is 12.0 Å². The molecule has 1 saturated heterocycles. The molecule has 0 aliphatic carbocycles. The van der Waals surface area contributed by atoms with Crippen LogP contribution in [0.2, 0.25) is 0 Å². The van der Waals surface area contributed by atoms with E-state index in [-0.39, 0.29) is 24.3 Å². The van der Waals surface area contributed by atoms with Crippen molar-refractivity contribution < 1.29 is 19.4 Å². The van der Waals surface area contributed by atoms with Crippen molar-refractivity contribution in [2.45, 2.75) is 52.0 Å². The molecule has 2 rings (SSSR count). The summed E-state index contributed by atoms with van der Waals surface area (Å²) in [7, 11) is 0. The maximum absolute atomic E-state index is 12.4. The Labute approximate surface area is 158 Å². The fourth-order valence-corrected chi connectivity index (χ4v) is 2.99. The molecule has 1 unspecified atom stereocenters. The van der Waals surface area contributed by atoms with Gasteiger partial charge in [0.25, 0.3) is 5.56 Å². The first-order valence-electron chi connectivity index (χ1n) is 9.37. The molecule has 0 aromatic carbocycles. The highest BCUT2D eigenvalue weighted by Gasteiger charge is 2.20. The number of hydrogen-bond acceptors (Lipinski definition) is 6. The number of carbonyl (C=O) groups excluding carboxylic acids is 1. The number of aryl methyl sites for hydroxylation is 1. The van der Waals surface area contributed by atoms with Gasteiger partial charge in [-0.3, -0.25) is 14.6 Å². The summed E-state index contributed by atoms with van der Waals surface area (Å²) < 4.78 is 5.30. The Bertz CT molecular complexity index is 712. The van der Waals surface area contributed by atoms with Gasteiger partial charge >= 0.3 is 5.97 Å². The molecule has 0 bridgehead atoms. The smallest absolute Gasteiger partial charge is 0.326 e. The molecular weight excluding hydrogens is 352 g/mol. The number of morpholine rings is 1. The third-order valence-electron chi connectivity index (χ3n) is 4.60. The molecule has 1 aromatic heterocycles. The van der Waals surface area contributed by atoms with Gasteiger partial charge in [0, 0.05) is 30.8 Å². The number of anilines is 1. The number of unbranched alkanes of at least 4 members (excludes halogenated alkanes) is 1. The fourth-order valence-electron chi connectivity index (χ4n) is 2.99. The number of amides is 1. The quantitative estimate of drug-likeness (QED) is 0.573. The van der Waals surface area contributed by atoms with Crippen molar-refractivity contribution in [2.75, 3.05) is 31.2 Å². The Kier molecular flexibility index (Phi) is 7.78. The minimum Gasteiger partial charge on any atom is -0.480 e. The Morgan fingerprint density at radius 3 is 2.67 bits per heavy atom. The minimum atomic E-state index is -1.04. The van der Waals surface area contributed by atoms with Gasteiger partial charge in [0.15, 0.2) is 0 Å². The fraction of sp³-hybridized carbons (Fsp3) is 0.667. The molecule has 0 spiro atoms. The predicted octanol–water partition coefficient (Wildman–Crippen LogP) is 0.607. The van der Waals surface area contributed by atoms with Gasteiger partial charge in [-0.1, -0.05) is 19.8 Å². The Balaban J connectivity index is 1.97. The second-order valence-electron chi connectivity index (χ2n) is 6.65. The number of carbonyl (C=O) groups is 2. The monoisotopic (exact) mass is 380 g/mol. The highest BCUT2D eigenvalue weighted by Crippen LogP contribution is 2.11. The van der Waals surface area contributed by atoms with Gasteiger partial charge in [-0.15, -0.1) is 0 Å². The SMILES string of the molecule is CCCCC(NC(=O)CCc1c(C)nc(N2CCOCC2)[nH]c1=O)C(=O)O. The number of aromatic amines is 1. The van der Waals surface area contributed by atoms with Gasteiger partial charge in [0.1, 0.15) is 6.04 Å². The van der Waals surface area contributed by atoms with Gasteiger partial charge in [-0.2, -0.15) is 0 Å². The number of nitrogens with zero attached hydrogens (tertiary/aromatic N) is 2. The molecule has 150 valence electrons. The summed E-state index contributed by atoms with van der Waals surface area (Å²) in [4.78, 5) is 44.9. The van der Waals surface area contributed by atoms with E-state index in [1.54, 1.807) is 6.92 Å².